The fourth-order valence-corrected chi connectivity index (χ4v) is 1.94. The summed E-state index contributed by atoms with van der Waals surface area (Å²) in [6.07, 6.45) is 0. The summed E-state index contributed by atoms with van der Waals surface area (Å²) in [5.74, 6) is -0.199. The molecular weight excluding hydrogens is 213 g/mol. The van der Waals surface area contributed by atoms with Crippen LogP contribution in [-0.2, 0) is 0 Å². The summed E-state index contributed by atoms with van der Waals surface area (Å²) in [4.78, 5) is 0. The molecule has 0 saturated carbocycles. The average Bonchev–Trinajstić information content (AvgIpc) is 2.29. The van der Waals surface area contributed by atoms with E-state index in [4.69, 9.17) is 5.73 Å². The maximum Gasteiger partial charge on any atom is 0.123 e. The second kappa shape index (κ2) is 4.68. The van der Waals surface area contributed by atoms with Gasteiger partial charge in [-0.15, -0.1) is 0 Å². The van der Waals surface area contributed by atoms with Gasteiger partial charge >= 0.3 is 0 Å². The van der Waals surface area contributed by atoms with Crippen molar-refractivity contribution in [2.24, 2.45) is 5.73 Å². The Morgan fingerprint density at radius 3 is 2.53 bits per heavy atom. The predicted molar refractivity (Wildman–Crippen MR) is 69.2 cm³/mol. The van der Waals surface area contributed by atoms with E-state index in [-0.39, 0.29) is 11.9 Å². The third kappa shape index (κ3) is 2.53. The first-order chi connectivity index (χ1) is 8.08. The number of rotatable bonds is 2. The molecule has 0 spiro atoms. The van der Waals surface area contributed by atoms with Gasteiger partial charge < -0.3 is 5.73 Å². The van der Waals surface area contributed by atoms with Crippen LogP contribution in [0.2, 0.25) is 0 Å². The highest BCUT2D eigenvalue weighted by Crippen LogP contribution is 2.26. The maximum absolute atomic E-state index is 13.1. The SMILES string of the molecule is Cc1cc(F)ccc1-c1cccc(C(C)N)c1. The van der Waals surface area contributed by atoms with Crippen molar-refractivity contribution in [1.82, 2.24) is 0 Å². The lowest BCUT2D eigenvalue weighted by Gasteiger charge is -2.10. The molecule has 0 aliphatic rings. The molecule has 1 nitrogen and oxygen atoms in total. The second-order valence-electron chi connectivity index (χ2n) is 4.37. The Labute approximate surface area is 101 Å². The molecule has 2 aromatic rings. The molecule has 0 bridgehead atoms. The van der Waals surface area contributed by atoms with Gasteiger partial charge in [0.1, 0.15) is 5.82 Å². The van der Waals surface area contributed by atoms with Gasteiger partial charge in [-0.1, -0.05) is 24.3 Å². The zero-order valence-corrected chi connectivity index (χ0v) is 10.1. The minimum atomic E-state index is -0.199. The first-order valence-corrected chi connectivity index (χ1v) is 5.70. The lowest BCUT2D eigenvalue weighted by molar-refractivity contribution is 0.627. The number of aryl methyl sites for hydroxylation is 1. The van der Waals surface area contributed by atoms with Gasteiger partial charge in [0, 0.05) is 6.04 Å². The molecule has 0 heterocycles. The first-order valence-electron chi connectivity index (χ1n) is 5.70. The summed E-state index contributed by atoms with van der Waals surface area (Å²) in [6.45, 7) is 3.87. The van der Waals surface area contributed by atoms with Gasteiger partial charge in [0.2, 0.25) is 0 Å². The van der Waals surface area contributed by atoms with Gasteiger partial charge in [-0.2, -0.15) is 0 Å². The molecule has 0 amide bonds. The zero-order valence-electron chi connectivity index (χ0n) is 10.1. The van der Waals surface area contributed by atoms with Crippen LogP contribution in [0.5, 0.6) is 0 Å². The summed E-state index contributed by atoms with van der Waals surface area (Å²) in [6, 6.07) is 12.9. The summed E-state index contributed by atoms with van der Waals surface area (Å²) in [7, 11) is 0. The molecule has 88 valence electrons. The monoisotopic (exact) mass is 229 g/mol. The maximum atomic E-state index is 13.1. The Hall–Kier alpha value is -1.67. The lowest BCUT2D eigenvalue weighted by Crippen LogP contribution is -2.04. The van der Waals surface area contributed by atoms with Crippen molar-refractivity contribution < 1.29 is 4.39 Å². The van der Waals surface area contributed by atoms with Crippen molar-refractivity contribution in [2.45, 2.75) is 19.9 Å². The minimum Gasteiger partial charge on any atom is -0.324 e. The number of hydrogen-bond acceptors (Lipinski definition) is 1. The van der Waals surface area contributed by atoms with E-state index in [0.717, 1.165) is 22.3 Å². The normalized spacial score (nSPS) is 12.5. The molecule has 2 N–H and O–H groups in total. The van der Waals surface area contributed by atoms with Gasteiger partial charge in [-0.25, -0.2) is 4.39 Å². The first kappa shape index (κ1) is 11.8. The molecule has 0 saturated heterocycles. The number of nitrogens with two attached hydrogens (primary N) is 1. The van der Waals surface area contributed by atoms with Crippen LogP contribution in [0.1, 0.15) is 24.1 Å². The van der Waals surface area contributed by atoms with Gasteiger partial charge in [-0.3, -0.25) is 0 Å². The van der Waals surface area contributed by atoms with Crippen LogP contribution in [0.4, 0.5) is 4.39 Å². The molecule has 0 aliphatic carbocycles. The second-order valence-corrected chi connectivity index (χ2v) is 4.37. The molecule has 2 heteroatoms. The average molecular weight is 229 g/mol. The number of benzene rings is 2. The van der Waals surface area contributed by atoms with E-state index in [0.29, 0.717) is 0 Å². The van der Waals surface area contributed by atoms with Gasteiger partial charge in [-0.05, 0) is 54.3 Å². The van der Waals surface area contributed by atoms with Crippen LogP contribution in [0.3, 0.4) is 0 Å². The Balaban J connectivity index is 2.49. The van der Waals surface area contributed by atoms with Crippen molar-refractivity contribution in [3.05, 3.63) is 59.4 Å². The predicted octanol–water partition coefficient (Wildman–Crippen LogP) is 3.82. The molecule has 0 fully saturated rings. The van der Waals surface area contributed by atoms with Crippen LogP contribution in [0.25, 0.3) is 11.1 Å². The molecule has 2 aromatic carbocycles. The highest BCUT2D eigenvalue weighted by molar-refractivity contribution is 5.67. The topological polar surface area (TPSA) is 26.0 Å². The van der Waals surface area contributed by atoms with E-state index >= 15 is 0 Å². The largest absolute Gasteiger partial charge is 0.324 e. The van der Waals surface area contributed by atoms with Crippen molar-refractivity contribution in [3.8, 4) is 11.1 Å². The summed E-state index contributed by atoms with van der Waals surface area (Å²) in [5, 5.41) is 0. The van der Waals surface area contributed by atoms with Gasteiger partial charge in [0.15, 0.2) is 0 Å². The van der Waals surface area contributed by atoms with Crippen molar-refractivity contribution in [2.75, 3.05) is 0 Å². The molecule has 0 aliphatic heterocycles. The summed E-state index contributed by atoms with van der Waals surface area (Å²) < 4.78 is 13.1. The highest BCUT2D eigenvalue weighted by atomic mass is 19.1. The van der Waals surface area contributed by atoms with Crippen LogP contribution < -0.4 is 5.73 Å². The number of halogens is 1. The minimum absolute atomic E-state index is 0.00991. The zero-order chi connectivity index (χ0) is 12.4. The molecule has 1 atom stereocenters. The Morgan fingerprint density at radius 2 is 1.88 bits per heavy atom. The van der Waals surface area contributed by atoms with Crippen LogP contribution >= 0.6 is 0 Å². The molecule has 1 unspecified atom stereocenters. The fraction of sp³-hybridized carbons (Fsp3) is 0.200. The summed E-state index contributed by atoms with van der Waals surface area (Å²) in [5.41, 5.74) is 10.0. The van der Waals surface area contributed by atoms with Crippen molar-refractivity contribution in [3.63, 3.8) is 0 Å². The third-order valence-electron chi connectivity index (χ3n) is 2.91. The molecule has 0 radical (unpaired) electrons. The molecule has 17 heavy (non-hydrogen) atoms. The third-order valence-corrected chi connectivity index (χ3v) is 2.91. The highest BCUT2D eigenvalue weighted by Gasteiger charge is 2.05. The Morgan fingerprint density at radius 1 is 1.12 bits per heavy atom. The molecule has 0 aromatic heterocycles. The van der Waals surface area contributed by atoms with Crippen LogP contribution in [0.15, 0.2) is 42.5 Å². The quantitative estimate of drug-likeness (QED) is 0.832. The van der Waals surface area contributed by atoms with Gasteiger partial charge in [0.25, 0.3) is 0 Å². The Kier molecular flexibility index (Phi) is 3.25. The number of hydrogen-bond donors (Lipinski definition) is 1. The van der Waals surface area contributed by atoms with E-state index in [9.17, 15) is 4.39 Å². The van der Waals surface area contributed by atoms with E-state index in [1.54, 1.807) is 6.07 Å². The Bertz CT molecular complexity index is 532. The van der Waals surface area contributed by atoms with Crippen molar-refractivity contribution in [1.29, 1.82) is 0 Å². The van der Waals surface area contributed by atoms with E-state index in [2.05, 4.69) is 6.07 Å². The van der Waals surface area contributed by atoms with E-state index in [1.165, 1.54) is 6.07 Å². The standard InChI is InChI=1S/C15H16FN/c1-10-8-14(16)6-7-15(10)13-5-3-4-12(9-13)11(2)17/h3-9,11H,17H2,1-2H3. The van der Waals surface area contributed by atoms with Crippen LogP contribution in [0, 0.1) is 12.7 Å². The van der Waals surface area contributed by atoms with E-state index in [1.807, 2.05) is 38.1 Å². The fourth-order valence-electron chi connectivity index (χ4n) is 1.94. The summed E-state index contributed by atoms with van der Waals surface area (Å²) >= 11 is 0. The molecule has 2 rings (SSSR count). The van der Waals surface area contributed by atoms with Crippen LogP contribution in [-0.4, -0.2) is 0 Å². The van der Waals surface area contributed by atoms with Crippen molar-refractivity contribution >= 4 is 0 Å². The van der Waals surface area contributed by atoms with E-state index < -0.39 is 0 Å². The van der Waals surface area contributed by atoms with Gasteiger partial charge in [0.05, 0.1) is 0 Å². The molecular formula is C15H16FN. The smallest absolute Gasteiger partial charge is 0.123 e. The lowest BCUT2D eigenvalue weighted by atomic mass is 9.97.